The van der Waals surface area contributed by atoms with Crippen LogP contribution in [0.2, 0.25) is 0 Å². The van der Waals surface area contributed by atoms with Crippen molar-refractivity contribution in [1.82, 2.24) is 19.7 Å². The molecule has 0 radical (unpaired) electrons. The summed E-state index contributed by atoms with van der Waals surface area (Å²) in [6.45, 7) is 4.04. The van der Waals surface area contributed by atoms with Gasteiger partial charge in [0.15, 0.2) is 0 Å². The molecule has 0 bridgehead atoms. The van der Waals surface area contributed by atoms with Crippen molar-refractivity contribution >= 4 is 16.8 Å². The number of carbonyl (C=O) groups is 1. The van der Waals surface area contributed by atoms with Crippen LogP contribution >= 0.6 is 0 Å². The van der Waals surface area contributed by atoms with Crippen LogP contribution in [0.25, 0.3) is 22.2 Å². The van der Waals surface area contributed by atoms with Gasteiger partial charge in [0.05, 0.1) is 38.8 Å². The molecule has 3 heterocycles. The average Bonchev–Trinajstić information content (AvgIpc) is 3.66. The van der Waals surface area contributed by atoms with Crippen LogP contribution in [0.15, 0.2) is 54.7 Å². The summed E-state index contributed by atoms with van der Waals surface area (Å²) in [5, 5.41) is 5.26. The molecule has 2 aromatic heterocycles. The first-order chi connectivity index (χ1) is 19.5. The third-order valence-corrected chi connectivity index (χ3v) is 7.28. The van der Waals surface area contributed by atoms with Gasteiger partial charge in [-0.3, -0.25) is 9.48 Å². The van der Waals surface area contributed by atoms with Crippen LogP contribution in [-0.4, -0.2) is 66.2 Å². The van der Waals surface area contributed by atoms with E-state index in [1.165, 1.54) is 0 Å². The Hall–Kier alpha value is -4.11. The van der Waals surface area contributed by atoms with Gasteiger partial charge >= 0.3 is 0 Å². The van der Waals surface area contributed by atoms with Crippen molar-refractivity contribution in [1.29, 1.82) is 0 Å². The van der Waals surface area contributed by atoms with Crippen molar-refractivity contribution < 1.29 is 23.7 Å². The Bertz CT molecular complexity index is 1480. The number of ether oxygens (including phenoxy) is 4. The Morgan fingerprint density at radius 1 is 1.05 bits per heavy atom. The van der Waals surface area contributed by atoms with Gasteiger partial charge in [0, 0.05) is 49.8 Å². The van der Waals surface area contributed by atoms with Crippen LogP contribution in [0.3, 0.4) is 0 Å². The summed E-state index contributed by atoms with van der Waals surface area (Å²) in [4.78, 5) is 20.7. The fourth-order valence-electron chi connectivity index (χ4n) is 5.24. The predicted molar refractivity (Wildman–Crippen MR) is 153 cm³/mol. The number of amides is 1. The van der Waals surface area contributed by atoms with Crippen molar-refractivity contribution in [2.45, 2.75) is 45.4 Å². The van der Waals surface area contributed by atoms with Gasteiger partial charge in [0.25, 0.3) is 0 Å². The predicted octanol–water partition coefficient (Wildman–Crippen LogP) is 5.03. The molecule has 1 saturated heterocycles. The number of nitrogens with zero attached hydrogens (tertiary/aromatic N) is 4. The fraction of sp³-hybridized carbons (Fsp3) is 0.387. The van der Waals surface area contributed by atoms with Gasteiger partial charge in [-0.25, -0.2) is 4.98 Å². The zero-order valence-corrected chi connectivity index (χ0v) is 23.6. The zero-order valence-electron chi connectivity index (χ0n) is 23.6. The van der Waals surface area contributed by atoms with E-state index >= 15 is 0 Å². The highest BCUT2D eigenvalue weighted by Gasteiger charge is 2.25. The highest BCUT2D eigenvalue weighted by molar-refractivity contribution is 5.93. The number of carbonyl (C=O) groups excluding carboxylic acids is 1. The first-order valence-corrected chi connectivity index (χ1v) is 13.6. The Balaban J connectivity index is 1.58. The van der Waals surface area contributed by atoms with Gasteiger partial charge in [-0.2, -0.15) is 5.10 Å². The maximum atomic E-state index is 13.7. The molecule has 1 unspecified atom stereocenters. The smallest absolute Gasteiger partial charge is 0.224 e. The molecular weight excluding hydrogens is 508 g/mol. The molecule has 0 aliphatic carbocycles. The maximum Gasteiger partial charge on any atom is 0.224 e. The number of para-hydroxylation sites is 1. The van der Waals surface area contributed by atoms with Gasteiger partial charge < -0.3 is 23.8 Å². The van der Waals surface area contributed by atoms with E-state index in [2.05, 4.69) is 11.2 Å². The number of rotatable bonds is 11. The number of hydrogen-bond donors (Lipinski definition) is 0. The van der Waals surface area contributed by atoms with Crippen LogP contribution in [0.4, 0.5) is 0 Å². The number of aromatic nitrogens is 3. The van der Waals surface area contributed by atoms with Crippen molar-refractivity contribution in [3.8, 4) is 28.5 Å². The Kier molecular flexibility index (Phi) is 8.50. The molecule has 1 fully saturated rings. The van der Waals surface area contributed by atoms with E-state index in [9.17, 15) is 4.79 Å². The molecule has 1 amide bonds. The lowest BCUT2D eigenvalue weighted by atomic mass is 10.0. The van der Waals surface area contributed by atoms with Crippen LogP contribution in [0.5, 0.6) is 17.2 Å². The molecule has 9 nitrogen and oxygen atoms in total. The normalized spacial score (nSPS) is 14.8. The first kappa shape index (κ1) is 27.5. The molecule has 0 spiro atoms. The van der Waals surface area contributed by atoms with Crippen LogP contribution in [0.1, 0.15) is 30.5 Å². The molecule has 1 aliphatic heterocycles. The second-order valence-corrected chi connectivity index (χ2v) is 9.94. The first-order valence-electron chi connectivity index (χ1n) is 13.6. The van der Waals surface area contributed by atoms with Crippen molar-refractivity contribution in [2.24, 2.45) is 0 Å². The van der Waals surface area contributed by atoms with E-state index in [1.807, 2.05) is 65.2 Å². The zero-order chi connectivity index (χ0) is 28.1. The Morgan fingerprint density at radius 3 is 2.52 bits per heavy atom. The third-order valence-electron chi connectivity index (χ3n) is 7.28. The van der Waals surface area contributed by atoms with Gasteiger partial charge in [-0.05, 0) is 61.7 Å². The highest BCUT2D eigenvalue weighted by atomic mass is 16.5. The minimum Gasteiger partial charge on any atom is -0.496 e. The van der Waals surface area contributed by atoms with Crippen molar-refractivity contribution in [2.75, 3.05) is 34.5 Å². The monoisotopic (exact) mass is 544 g/mol. The minimum atomic E-state index is 0.00801. The molecule has 40 heavy (non-hydrogen) atoms. The summed E-state index contributed by atoms with van der Waals surface area (Å²) >= 11 is 0. The number of aryl methyl sites for hydroxylation is 2. The van der Waals surface area contributed by atoms with Gasteiger partial charge in [-0.15, -0.1) is 0 Å². The summed E-state index contributed by atoms with van der Waals surface area (Å²) in [7, 11) is 4.91. The van der Waals surface area contributed by atoms with E-state index in [1.54, 1.807) is 21.3 Å². The molecular formula is C31H36N4O5. The molecule has 0 saturated carbocycles. The largest absolute Gasteiger partial charge is 0.496 e. The SMILES string of the molecule is COc1ccccc1-c1nc2c(OC)ccc(OC)c2cc1CN(CC1CCCO1)C(=O)CCn1ccc(C)n1. The number of pyridine rings is 1. The lowest BCUT2D eigenvalue weighted by Crippen LogP contribution is -2.37. The molecule has 4 aromatic rings. The number of benzene rings is 2. The van der Waals surface area contributed by atoms with E-state index in [0.717, 1.165) is 47.3 Å². The molecule has 210 valence electrons. The van der Waals surface area contributed by atoms with Crippen LogP contribution in [-0.2, 0) is 22.6 Å². The second-order valence-electron chi connectivity index (χ2n) is 9.94. The lowest BCUT2D eigenvalue weighted by molar-refractivity contribution is -0.133. The van der Waals surface area contributed by atoms with E-state index in [0.29, 0.717) is 48.8 Å². The second kappa shape index (κ2) is 12.4. The van der Waals surface area contributed by atoms with E-state index in [4.69, 9.17) is 23.9 Å². The summed E-state index contributed by atoms with van der Waals surface area (Å²) in [6, 6.07) is 15.5. The lowest BCUT2D eigenvalue weighted by Gasteiger charge is -2.27. The van der Waals surface area contributed by atoms with E-state index in [-0.39, 0.29) is 12.0 Å². The summed E-state index contributed by atoms with van der Waals surface area (Å²) in [5.74, 6) is 2.05. The Labute approximate surface area is 234 Å². The third kappa shape index (κ3) is 5.89. The van der Waals surface area contributed by atoms with Gasteiger partial charge in [0.1, 0.15) is 22.8 Å². The summed E-state index contributed by atoms with van der Waals surface area (Å²) in [6.07, 6.45) is 4.17. The molecule has 2 aromatic carbocycles. The van der Waals surface area contributed by atoms with Crippen LogP contribution in [0, 0.1) is 6.92 Å². The maximum absolute atomic E-state index is 13.7. The van der Waals surface area contributed by atoms with Crippen molar-refractivity contribution in [3.63, 3.8) is 0 Å². The van der Waals surface area contributed by atoms with Gasteiger partial charge in [0.2, 0.25) is 5.91 Å². The molecule has 1 aliphatic rings. The van der Waals surface area contributed by atoms with Crippen LogP contribution < -0.4 is 14.2 Å². The molecule has 0 N–H and O–H groups in total. The van der Waals surface area contributed by atoms with E-state index < -0.39 is 0 Å². The van der Waals surface area contributed by atoms with Gasteiger partial charge in [-0.1, -0.05) is 12.1 Å². The molecule has 5 rings (SSSR count). The highest BCUT2D eigenvalue weighted by Crippen LogP contribution is 2.38. The minimum absolute atomic E-state index is 0.00801. The standard InChI is InChI=1S/C31H36N4O5/c1-21-13-15-35(33-21)16-14-29(36)34(20-23-8-7-17-40-23)19-22-18-25-27(38-3)11-12-28(39-4)31(25)32-30(22)24-9-5-6-10-26(24)37-2/h5-6,9-13,15,18,23H,7-8,14,16-17,19-20H2,1-4H3. The molecule has 1 atom stereocenters. The van der Waals surface area contributed by atoms with Crippen molar-refractivity contribution in [3.05, 3.63) is 66.0 Å². The number of fused-ring (bicyclic) bond motifs is 1. The topological polar surface area (TPSA) is 87.9 Å². The number of hydrogen-bond acceptors (Lipinski definition) is 7. The number of methoxy groups -OCH3 is 3. The average molecular weight is 545 g/mol. The fourth-order valence-corrected chi connectivity index (χ4v) is 5.24. The summed E-state index contributed by atoms with van der Waals surface area (Å²) in [5.41, 5.74) is 4.05. The Morgan fingerprint density at radius 2 is 1.82 bits per heavy atom. The molecule has 9 heteroatoms. The summed E-state index contributed by atoms with van der Waals surface area (Å²) < 4.78 is 24.8. The quantitative estimate of drug-likeness (QED) is 0.262.